The molecule has 2 N–H and O–H groups in total. The molecule has 4 aromatic heterocycles. The first-order chi connectivity index (χ1) is 23.5. The Balaban J connectivity index is 0.000000195. The van der Waals surface area contributed by atoms with Gasteiger partial charge in [0.1, 0.15) is 11.6 Å². The summed E-state index contributed by atoms with van der Waals surface area (Å²) in [5.41, 5.74) is 17.7. The lowest BCUT2D eigenvalue weighted by Gasteiger charge is -2.11. The van der Waals surface area contributed by atoms with Crippen LogP contribution in [0.25, 0.3) is 22.5 Å². The van der Waals surface area contributed by atoms with Crippen LogP contribution in [0.2, 0.25) is 0 Å². The molecule has 11 heteroatoms. The van der Waals surface area contributed by atoms with E-state index in [9.17, 15) is 8.78 Å². The average molecular weight is 696 g/mol. The molecule has 6 aromatic rings. The molecule has 0 spiro atoms. The zero-order chi connectivity index (χ0) is 35.1. The molecule has 0 saturated heterocycles. The van der Waals surface area contributed by atoms with E-state index in [-0.39, 0.29) is 11.6 Å². The fourth-order valence-corrected chi connectivity index (χ4v) is 6.65. The van der Waals surface area contributed by atoms with Gasteiger partial charge in [-0.15, -0.1) is 22.7 Å². The van der Waals surface area contributed by atoms with Gasteiger partial charge in [0.05, 0.1) is 45.8 Å². The third-order valence-electron chi connectivity index (χ3n) is 8.06. The molecule has 7 nitrogen and oxygen atoms in total. The van der Waals surface area contributed by atoms with E-state index in [0.717, 1.165) is 68.9 Å². The third kappa shape index (κ3) is 9.39. The predicted molar refractivity (Wildman–Crippen MR) is 199 cm³/mol. The first kappa shape index (κ1) is 35.4. The lowest BCUT2D eigenvalue weighted by atomic mass is 10.0. The molecule has 2 aromatic carbocycles. The Bertz CT molecular complexity index is 2090. The number of rotatable bonds is 9. The van der Waals surface area contributed by atoms with E-state index in [4.69, 9.17) is 5.73 Å². The zero-order valence-electron chi connectivity index (χ0n) is 28.5. The molecule has 0 bridgehead atoms. The van der Waals surface area contributed by atoms with Crippen molar-refractivity contribution in [3.8, 4) is 22.5 Å². The monoisotopic (exact) mass is 695 g/mol. The molecule has 4 heterocycles. The number of aromatic nitrogens is 4. The van der Waals surface area contributed by atoms with Gasteiger partial charge in [0.2, 0.25) is 0 Å². The number of nitrogen functional groups attached to an aromatic ring is 1. The Kier molecular flexibility index (Phi) is 11.6. The van der Waals surface area contributed by atoms with Gasteiger partial charge >= 0.3 is 0 Å². The summed E-state index contributed by atoms with van der Waals surface area (Å²) in [7, 11) is 2.01. The summed E-state index contributed by atoms with van der Waals surface area (Å²) in [5, 5.41) is 5.88. The molecule has 0 aliphatic carbocycles. The van der Waals surface area contributed by atoms with Gasteiger partial charge in [-0.3, -0.25) is 9.97 Å². The number of pyridine rings is 2. The smallest absolute Gasteiger partial charge is 0.142 e. The number of nitrogens with two attached hydrogens (primary N) is 1. The highest BCUT2D eigenvalue weighted by molar-refractivity contribution is 7.10. The van der Waals surface area contributed by atoms with Gasteiger partial charge in [-0.1, -0.05) is 12.1 Å². The van der Waals surface area contributed by atoms with Crippen molar-refractivity contribution < 1.29 is 8.78 Å². The molecule has 0 saturated carbocycles. The summed E-state index contributed by atoms with van der Waals surface area (Å²) >= 11 is 3.15. The molecule has 0 aliphatic heterocycles. The van der Waals surface area contributed by atoms with Crippen LogP contribution in [-0.2, 0) is 12.8 Å². The maximum absolute atomic E-state index is 13.4. The van der Waals surface area contributed by atoms with Crippen LogP contribution >= 0.6 is 22.7 Å². The number of halogens is 2. The zero-order valence-corrected chi connectivity index (χ0v) is 30.1. The summed E-state index contributed by atoms with van der Waals surface area (Å²) in [6, 6.07) is 11.3. The molecule has 0 radical (unpaired) electrons. The molecule has 49 heavy (non-hydrogen) atoms. The van der Waals surface area contributed by atoms with Crippen LogP contribution in [-0.4, -0.2) is 44.8 Å². The largest absolute Gasteiger partial charge is 0.399 e. The van der Waals surface area contributed by atoms with E-state index in [1.165, 1.54) is 41.2 Å². The van der Waals surface area contributed by atoms with Crippen molar-refractivity contribution in [3.63, 3.8) is 0 Å². The number of aryl methyl sites for hydroxylation is 4. The Morgan fingerprint density at radius 2 is 1.22 bits per heavy atom. The first-order valence-electron chi connectivity index (χ1n) is 15.8. The number of hydrogen-bond acceptors (Lipinski definition) is 8. The maximum atomic E-state index is 13.4. The molecule has 0 fully saturated rings. The van der Waals surface area contributed by atoms with E-state index in [1.807, 2.05) is 42.0 Å². The van der Waals surface area contributed by atoms with Gasteiger partial charge in [0.15, 0.2) is 0 Å². The topological polar surface area (TPSA) is 93.2 Å². The van der Waals surface area contributed by atoms with Crippen LogP contribution in [0.15, 0.2) is 76.9 Å². The summed E-state index contributed by atoms with van der Waals surface area (Å²) in [5.74, 6) is -0.699. The quantitative estimate of drug-likeness (QED) is 0.0921. The van der Waals surface area contributed by atoms with Crippen LogP contribution in [0.4, 0.5) is 20.2 Å². The number of thiazole rings is 2. The molecule has 6 rings (SSSR count). The van der Waals surface area contributed by atoms with E-state index in [2.05, 4.69) is 70.8 Å². The Labute approximate surface area is 294 Å². The number of anilines is 1. The van der Waals surface area contributed by atoms with E-state index >= 15 is 0 Å². The molecular formula is C38H39F2N7S2. The summed E-state index contributed by atoms with van der Waals surface area (Å²) < 4.78 is 26.6. The lowest BCUT2D eigenvalue weighted by Crippen LogP contribution is -2.14. The van der Waals surface area contributed by atoms with Crippen LogP contribution < -0.4 is 5.73 Å². The van der Waals surface area contributed by atoms with Crippen LogP contribution in [0.3, 0.4) is 0 Å². The summed E-state index contributed by atoms with van der Waals surface area (Å²) in [4.78, 5) is 23.6. The minimum absolute atomic E-state index is 0.349. The second-order valence-corrected chi connectivity index (χ2v) is 13.8. The Hall–Kier alpha value is -4.87. The van der Waals surface area contributed by atoms with Crippen molar-refractivity contribution in [1.82, 2.24) is 24.8 Å². The van der Waals surface area contributed by atoms with Gasteiger partial charge < -0.3 is 10.6 Å². The number of nitrogens with zero attached hydrogens (tertiary/aromatic N) is 6. The fourth-order valence-electron chi connectivity index (χ4n) is 5.00. The van der Waals surface area contributed by atoms with Crippen LogP contribution in [0.1, 0.15) is 50.3 Å². The molecule has 252 valence electrons. The number of hydrogen-bond donors (Lipinski definition) is 1. The molecule has 0 atom stereocenters. The Morgan fingerprint density at radius 1 is 0.714 bits per heavy atom. The van der Waals surface area contributed by atoms with Crippen molar-refractivity contribution in [3.05, 3.63) is 127 Å². The Morgan fingerprint density at radius 3 is 1.73 bits per heavy atom. The lowest BCUT2D eigenvalue weighted by molar-refractivity contribution is 0.552. The standard InChI is InChI=1S/C21H23FN4S.C17H16FN3S/c1-5-26(4)13-24-19-7-14(2)16(6-15(19)3)9-21-25-20(12-27-21)17-8-18(22)11-23-10-17;1-10-4-15(19)11(2)3-12(10)6-17-21-16(9-22-17)13-5-14(18)8-20-7-13/h6-8,10-13H,5,9H2,1-4H3;3-5,7-9H,6,19H2,1-2H3. The van der Waals surface area contributed by atoms with Crippen molar-refractivity contribution >= 4 is 40.4 Å². The average Bonchev–Trinajstić information content (AvgIpc) is 3.75. The van der Waals surface area contributed by atoms with Crippen molar-refractivity contribution in [2.75, 3.05) is 19.3 Å². The fraction of sp³-hybridized carbons (Fsp3) is 0.237. The highest BCUT2D eigenvalue weighted by Crippen LogP contribution is 2.29. The van der Waals surface area contributed by atoms with Gasteiger partial charge in [-0.05, 0) is 92.3 Å². The minimum atomic E-state index is -0.350. The van der Waals surface area contributed by atoms with Gasteiger partial charge in [-0.2, -0.15) is 0 Å². The third-order valence-corrected chi connectivity index (χ3v) is 9.76. The summed E-state index contributed by atoms with van der Waals surface area (Å²) in [6.45, 7) is 11.2. The van der Waals surface area contributed by atoms with Crippen LogP contribution in [0, 0.1) is 39.3 Å². The van der Waals surface area contributed by atoms with Gasteiger partial charge in [0.25, 0.3) is 0 Å². The van der Waals surface area contributed by atoms with E-state index < -0.39 is 0 Å². The summed E-state index contributed by atoms with van der Waals surface area (Å²) in [6.07, 6.45) is 9.02. The number of benzene rings is 2. The highest BCUT2D eigenvalue weighted by Gasteiger charge is 2.11. The van der Waals surface area contributed by atoms with E-state index in [0.29, 0.717) is 11.1 Å². The number of aliphatic imine (C=N–C) groups is 1. The highest BCUT2D eigenvalue weighted by atomic mass is 32.1. The first-order valence-corrected chi connectivity index (χ1v) is 17.6. The van der Waals surface area contributed by atoms with E-state index in [1.54, 1.807) is 35.1 Å². The molecule has 0 unspecified atom stereocenters. The van der Waals surface area contributed by atoms with Gasteiger partial charge in [0, 0.05) is 66.4 Å². The van der Waals surface area contributed by atoms with Crippen molar-refractivity contribution in [1.29, 1.82) is 0 Å². The van der Waals surface area contributed by atoms with Crippen molar-refractivity contribution in [2.24, 2.45) is 4.99 Å². The minimum Gasteiger partial charge on any atom is -0.399 e. The molecular weight excluding hydrogens is 657 g/mol. The molecule has 0 amide bonds. The normalized spacial score (nSPS) is 11.1. The molecule has 0 aliphatic rings. The second kappa shape index (κ2) is 16.0. The predicted octanol–water partition coefficient (Wildman–Crippen LogP) is 9.30. The second-order valence-electron chi connectivity index (χ2n) is 11.9. The SMILES string of the molecule is CCN(C)C=Nc1cc(C)c(Cc2nc(-c3cncc(F)c3)cs2)cc1C.Cc1cc(Cc2nc(-c3cncc(F)c3)cs2)c(C)cc1N. The van der Waals surface area contributed by atoms with Gasteiger partial charge in [-0.25, -0.2) is 23.7 Å². The van der Waals surface area contributed by atoms with Crippen LogP contribution in [0.5, 0.6) is 0 Å². The maximum Gasteiger partial charge on any atom is 0.142 e. The van der Waals surface area contributed by atoms with Crippen molar-refractivity contribution in [2.45, 2.75) is 47.5 Å².